The molecule has 1 fully saturated rings. The largest absolute Gasteiger partial charge is 0.330 e. The third-order valence-corrected chi connectivity index (χ3v) is 3.88. The summed E-state index contributed by atoms with van der Waals surface area (Å²) in [5, 5.41) is 11.0. The lowest BCUT2D eigenvalue weighted by Gasteiger charge is -2.18. The summed E-state index contributed by atoms with van der Waals surface area (Å²) < 4.78 is 0. The van der Waals surface area contributed by atoms with Crippen LogP contribution in [0, 0.1) is 15.5 Å². The second-order valence-electron chi connectivity index (χ2n) is 5.12. The second-order valence-corrected chi connectivity index (χ2v) is 5.12. The lowest BCUT2D eigenvalue weighted by molar-refractivity contribution is -0.385. The Morgan fingerprint density at radius 3 is 2.44 bits per heavy atom. The molecule has 2 rings (SSSR count). The van der Waals surface area contributed by atoms with E-state index in [9.17, 15) is 10.1 Å². The van der Waals surface area contributed by atoms with Crippen LogP contribution >= 0.6 is 0 Å². The maximum atomic E-state index is 11.0. The Hall–Kier alpha value is -1.42. The molecule has 0 heterocycles. The first-order valence-corrected chi connectivity index (χ1v) is 5.39. The Morgan fingerprint density at radius 1 is 1.44 bits per heavy atom. The molecule has 1 aliphatic rings. The van der Waals surface area contributed by atoms with Gasteiger partial charge in [-0.1, -0.05) is 32.0 Å². The first-order valence-electron chi connectivity index (χ1n) is 5.39. The van der Waals surface area contributed by atoms with Crippen LogP contribution in [0.3, 0.4) is 0 Å². The SMILES string of the molecule is CC1(C)CC1(CN)c1ccccc1[N+](=O)[O-]. The summed E-state index contributed by atoms with van der Waals surface area (Å²) in [5.74, 6) is 0. The van der Waals surface area contributed by atoms with Crippen LogP contribution in [0.5, 0.6) is 0 Å². The summed E-state index contributed by atoms with van der Waals surface area (Å²) in [5.41, 5.74) is 6.65. The zero-order valence-electron chi connectivity index (χ0n) is 9.56. The van der Waals surface area contributed by atoms with Crippen LogP contribution in [0.2, 0.25) is 0 Å². The van der Waals surface area contributed by atoms with Gasteiger partial charge in [-0.05, 0) is 11.8 Å². The molecule has 4 heteroatoms. The van der Waals surface area contributed by atoms with E-state index in [4.69, 9.17) is 5.73 Å². The average molecular weight is 220 g/mol. The maximum Gasteiger partial charge on any atom is 0.273 e. The van der Waals surface area contributed by atoms with Gasteiger partial charge in [0.25, 0.3) is 5.69 Å². The van der Waals surface area contributed by atoms with Gasteiger partial charge in [-0.25, -0.2) is 0 Å². The minimum Gasteiger partial charge on any atom is -0.330 e. The van der Waals surface area contributed by atoms with Crippen LogP contribution in [0.1, 0.15) is 25.8 Å². The van der Waals surface area contributed by atoms with E-state index in [1.54, 1.807) is 12.1 Å². The normalized spacial score (nSPS) is 26.4. The highest BCUT2D eigenvalue weighted by Gasteiger charge is 2.62. The fourth-order valence-electron chi connectivity index (χ4n) is 2.67. The first-order chi connectivity index (χ1) is 7.44. The number of nitrogens with two attached hydrogens (primary N) is 1. The third-order valence-electron chi connectivity index (χ3n) is 3.88. The third kappa shape index (κ3) is 1.33. The summed E-state index contributed by atoms with van der Waals surface area (Å²) in [4.78, 5) is 10.7. The van der Waals surface area contributed by atoms with Gasteiger partial charge in [0.05, 0.1) is 4.92 Å². The van der Waals surface area contributed by atoms with Gasteiger partial charge in [0.15, 0.2) is 0 Å². The Kier molecular flexibility index (Phi) is 2.27. The van der Waals surface area contributed by atoms with Gasteiger partial charge in [0, 0.05) is 23.6 Å². The van der Waals surface area contributed by atoms with Crippen molar-refractivity contribution in [3.8, 4) is 0 Å². The molecule has 2 N–H and O–H groups in total. The molecule has 86 valence electrons. The van der Waals surface area contributed by atoms with Gasteiger partial charge >= 0.3 is 0 Å². The molecule has 0 radical (unpaired) electrons. The molecule has 0 amide bonds. The number of nitro groups is 1. The lowest BCUT2D eigenvalue weighted by atomic mass is 9.87. The number of hydrogen-bond donors (Lipinski definition) is 1. The number of nitro benzene ring substituents is 1. The van der Waals surface area contributed by atoms with E-state index in [0.717, 1.165) is 12.0 Å². The van der Waals surface area contributed by atoms with E-state index in [1.807, 2.05) is 12.1 Å². The molecule has 0 bridgehead atoms. The minimum absolute atomic E-state index is 0.0634. The van der Waals surface area contributed by atoms with Gasteiger partial charge < -0.3 is 5.73 Å². The zero-order chi connectivity index (χ0) is 12.0. The van der Waals surface area contributed by atoms with Crippen molar-refractivity contribution in [3.63, 3.8) is 0 Å². The van der Waals surface area contributed by atoms with Crippen molar-refractivity contribution < 1.29 is 4.92 Å². The number of hydrogen-bond acceptors (Lipinski definition) is 3. The number of benzene rings is 1. The van der Waals surface area contributed by atoms with Crippen LogP contribution in [0.25, 0.3) is 0 Å². The van der Waals surface area contributed by atoms with Crippen LogP contribution in [-0.4, -0.2) is 11.5 Å². The van der Waals surface area contributed by atoms with Gasteiger partial charge in [-0.15, -0.1) is 0 Å². The molecule has 0 spiro atoms. The molecule has 16 heavy (non-hydrogen) atoms. The predicted octanol–water partition coefficient (Wildman–Crippen LogP) is 2.22. The molecule has 1 saturated carbocycles. The summed E-state index contributed by atoms with van der Waals surface area (Å²) in [6.07, 6.45) is 0.918. The van der Waals surface area contributed by atoms with Gasteiger partial charge in [0.1, 0.15) is 0 Å². The standard InChI is InChI=1S/C12H16N2O2/c1-11(2)7-12(11,8-13)9-5-3-4-6-10(9)14(15)16/h3-6H,7-8,13H2,1-2H3. The van der Waals surface area contributed by atoms with Crippen molar-refractivity contribution in [3.05, 3.63) is 39.9 Å². The van der Waals surface area contributed by atoms with Crippen LogP contribution in [-0.2, 0) is 5.41 Å². The minimum atomic E-state index is -0.318. The number of para-hydroxylation sites is 1. The topological polar surface area (TPSA) is 69.2 Å². The van der Waals surface area contributed by atoms with Crippen molar-refractivity contribution in [2.24, 2.45) is 11.1 Å². The summed E-state index contributed by atoms with van der Waals surface area (Å²) in [7, 11) is 0. The van der Waals surface area contributed by atoms with Gasteiger partial charge in [-0.2, -0.15) is 0 Å². The van der Waals surface area contributed by atoms with E-state index < -0.39 is 0 Å². The highest BCUT2D eigenvalue weighted by molar-refractivity contribution is 5.51. The molecular formula is C12H16N2O2. The maximum absolute atomic E-state index is 11.0. The predicted molar refractivity (Wildman–Crippen MR) is 62.2 cm³/mol. The first kappa shape index (κ1) is 11.1. The summed E-state index contributed by atoms with van der Waals surface area (Å²) in [6, 6.07) is 6.93. The number of nitrogens with zero attached hydrogens (tertiary/aromatic N) is 1. The second kappa shape index (κ2) is 3.28. The fourth-order valence-corrected chi connectivity index (χ4v) is 2.67. The van der Waals surface area contributed by atoms with E-state index in [2.05, 4.69) is 13.8 Å². The van der Waals surface area contributed by atoms with E-state index in [-0.39, 0.29) is 21.4 Å². The Labute approximate surface area is 94.6 Å². The van der Waals surface area contributed by atoms with E-state index >= 15 is 0 Å². The smallest absolute Gasteiger partial charge is 0.273 e. The molecule has 1 atom stereocenters. The summed E-state index contributed by atoms with van der Waals surface area (Å²) in [6.45, 7) is 4.68. The molecule has 0 aromatic heterocycles. The Balaban J connectivity index is 2.53. The molecule has 1 aromatic carbocycles. The molecule has 0 saturated heterocycles. The zero-order valence-corrected chi connectivity index (χ0v) is 9.56. The highest BCUT2D eigenvalue weighted by atomic mass is 16.6. The Bertz CT molecular complexity index is 442. The van der Waals surface area contributed by atoms with Crippen LogP contribution in [0.4, 0.5) is 5.69 Å². The van der Waals surface area contributed by atoms with Crippen molar-refractivity contribution in [2.45, 2.75) is 25.7 Å². The molecule has 1 aromatic rings. The molecule has 1 unspecified atom stereocenters. The average Bonchev–Trinajstić information content (AvgIpc) is 2.82. The van der Waals surface area contributed by atoms with Gasteiger partial charge in [0.2, 0.25) is 0 Å². The quantitative estimate of drug-likeness (QED) is 0.627. The molecular weight excluding hydrogens is 204 g/mol. The van der Waals surface area contributed by atoms with E-state index in [0.29, 0.717) is 6.54 Å². The van der Waals surface area contributed by atoms with E-state index in [1.165, 1.54) is 0 Å². The number of rotatable bonds is 3. The van der Waals surface area contributed by atoms with Crippen molar-refractivity contribution in [1.82, 2.24) is 0 Å². The van der Waals surface area contributed by atoms with Gasteiger partial charge in [-0.3, -0.25) is 10.1 Å². The molecule has 1 aliphatic carbocycles. The van der Waals surface area contributed by atoms with Crippen LogP contribution in [0.15, 0.2) is 24.3 Å². The monoisotopic (exact) mass is 220 g/mol. The van der Waals surface area contributed by atoms with Crippen molar-refractivity contribution in [2.75, 3.05) is 6.54 Å². The molecule has 0 aliphatic heterocycles. The Morgan fingerprint density at radius 2 is 2.00 bits per heavy atom. The highest BCUT2D eigenvalue weighted by Crippen LogP contribution is 2.64. The summed E-state index contributed by atoms with van der Waals surface area (Å²) >= 11 is 0. The van der Waals surface area contributed by atoms with Crippen molar-refractivity contribution in [1.29, 1.82) is 0 Å². The molecule has 4 nitrogen and oxygen atoms in total. The lowest BCUT2D eigenvalue weighted by Crippen LogP contribution is -2.26. The van der Waals surface area contributed by atoms with Crippen molar-refractivity contribution >= 4 is 5.69 Å². The fraction of sp³-hybridized carbons (Fsp3) is 0.500. The van der Waals surface area contributed by atoms with Crippen LogP contribution < -0.4 is 5.73 Å².